The van der Waals surface area contributed by atoms with Gasteiger partial charge in [-0.3, -0.25) is 9.78 Å². The number of hydrogen-bond acceptors (Lipinski definition) is 9. The minimum atomic E-state index is -0.931. The summed E-state index contributed by atoms with van der Waals surface area (Å²) in [4.78, 5) is 16.7. The second-order valence-corrected chi connectivity index (χ2v) is 8.53. The summed E-state index contributed by atoms with van der Waals surface area (Å²) >= 11 is 0. The lowest BCUT2D eigenvalue weighted by Gasteiger charge is -2.36. The number of amides is 1. The molecular weight excluding hydrogens is 452 g/mol. The van der Waals surface area contributed by atoms with Crippen LogP contribution in [0.3, 0.4) is 0 Å². The quantitative estimate of drug-likeness (QED) is 0.489. The summed E-state index contributed by atoms with van der Waals surface area (Å²) in [5.74, 6) is 3.01. The number of anilines is 1. The number of benzene rings is 1. The van der Waals surface area contributed by atoms with Crippen molar-refractivity contribution in [1.82, 2.24) is 15.6 Å². The maximum atomic E-state index is 12.3. The minimum absolute atomic E-state index is 0.217. The van der Waals surface area contributed by atoms with Crippen molar-refractivity contribution in [3.63, 3.8) is 0 Å². The lowest BCUT2D eigenvalue weighted by Crippen LogP contribution is -2.53. The molecule has 1 atom stereocenters. The average molecular weight is 479 g/mol. The predicted octanol–water partition coefficient (Wildman–Crippen LogP) is 3.51. The molecule has 2 aliphatic heterocycles. The Balaban J connectivity index is 1.44. The number of fused-ring (bicyclic) bond motifs is 1. The van der Waals surface area contributed by atoms with Crippen LogP contribution in [0.25, 0.3) is 22.4 Å². The van der Waals surface area contributed by atoms with Crippen molar-refractivity contribution in [2.24, 2.45) is 0 Å². The van der Waals surface area contributed by atoms with Gasteiger partial charge < -0.3 is 39.3 Å². The van der Waals surface area contributed by atoms with Gasteiger partial charge in [-0.05, 0) is 44.2 Å². The summed E-state index contributed by atoms with van der Waals surface area (Å²) in [5, 5.41) is 9.47. The van der Waals surface area contributed by atoms with E-state index in [1.165, 1.54) is 0 Å². The SMILES string of the molecule is COc1cc(-c2cc3nccc(NC4C=CC5=C(NC(=O)C(C)(C)O5)N4)c3o2)cc(OC)c1OC. The van der Waals surface area contributed by atoms with Gasteiger partial charge in [0.1, 0.15) is 17.4 Å². The number of aromatic nitrogens is 1. The van der Waals surface area contributed by atoms with Crippen LogP contribution in [0.1, 0.15) is 13.8 Å². The molecule has 35 heavy (non-hydrogen) atoms. The number of pyridine rings is 1. The van der Waals surface area contributed by atoms with Crippen LogP contribution >= 0.6 is 0 Å². The second kappa shape index (κ2) is 8.46. The van der Waals surface area contributed by atoms with E-state index in [0.717, 1.165) is 11.3 Å². The Kier molecular flexibility index (Phi) is 5.43. The van der Waals surface area contributed by atoms with Gasteiger partial charge in [-0.2, -0.15) is 0 Å². The number of nitrogens with one attached hydrogen (secondary N) is 3. The van der Waals surface area contributed by atoms with Crippen LogP contribution in [0, 0.1) is 0 Å². The van der Waals surface area contributed by atoms with Gasteiger partial charge in [-0.1, -0.05) is 0 Å². The first-order chi connectivity index (χ1) is 16.8. The molecule has 0 bridgehead atoms. The summed E-state index contributed by atoms with van der Waals surface area (Å²) in [7, 11) is 4.69. The highest BCUT2D eigenvalue weighted by atomic mass is 16.5. The molecule has 10 heteroatoms. The number of methoxy groups -OCH3 is 3. The molecule has 0 radical (unpaired) electrons. The summed E-state index contributed by atoms with van der Waals surface area (Å²) < 4.78 is 28.4. The Morgan fingerprint density at radius 3 is 2.51 bits per heavy atom. The molecule has 3 aromatic rings. The summed E-state index contributed by atoms with van der Waals surface area (Å²) in [6.45, 7) is 3.45. The number of carbonyl (C=O) groups is 1. The molecule has 0 saturated heterocycles. The Labute approximate surface area is 201 Å². The molecule has 5 rings (SSSR count). The van der Waals surface area contributed by atoms with E-state index in [-0.39, 0.29) is 12.1 Å². The van der Waals surface area contributed by atoms with Gasteiger partial charge in [0.2, 0.25) is 5.75 Å². The lowest BCUT2D eigenvalue weighted by atomic mass is 10.1. The van der Waals surface area contributed by atoms with Crippen molar-refractivity contribution in [2.75, 3.05) is 26.6 Å². The van der Waals surface area contributed by atoms with E-state index < -0.39 is 5.60 Å². The van der Waals surface area contributed by atoms with E-state index in [0.29, 0.717) is 45.7 Å². The van der Waals surface area contributed by atoms with Crippen LogP contribution in [0.4, 0.5) is 5.69 Å². The summed E-state index contributed by atoms with van der Waals surface area (Å²) in [6.07, 6.45) is 5.11. The molecule has 1 unspecified atom stereocenters. The fourth-order valence-corrected chi connectivity index (χ4v) is 3.98. The molecule has 0 fully saturated rings. The number of ether oxygens (including phenoxy) is 4. The molecule has 2 aliphatic rings. The lowest BCUT2D eigenvalue weighted by molar-refractivity contribution is -0.140. The van der Waals surface area contributed by atoms with E-state index in [2.05, 4.69) is 20.9 Å². The summed E-state index contributed by atoms with van der Waals surface area (Å²) in [6, 6.07) is 7.31. The van der Waals surface area contributed by atoms with Gasteiger partial charge in [0.05, 0.1) is 27.0 Å². The fraction of sp³-hybridized carbons (Fsp3) is 0.280. The first-order valence-corrected chi connectivity index (χ1v) is 11.0. The van der Waals surface area contributed by atoms with E-state index in [1.807, 2.05) is 36.4 Å². The highest BCUT2D eigenvalue weighted by Crippen LogP contribution is 2.42. The van der Waals surface area contributed by atoms with Crippen molar-refractivity contribution in [3.8, 4) is 28.6 Å². The molecule has 182 valence electrons. The maximum Gasteiger partial charge on any atom is 0.269 e. The third kappa shape index (κ3) is 3.96. The molecule has 0 saturated carbocycles. The first-order valence-electron chi connectivity index (χ1n) is 11.0. The number of carbonyl (C=O) groups excluding carboxylic acids is 1. The Hall–Kier alpha value is -4.34. The molecule has 3 N–H and O–H groups in total. The normalized spacial score (nSPS) is 18.3. The highest BCUT2D eigenvalue weighted by molar-refractivity contribution is 5.90. The standard InChI is InChI=1S/C25H26N4O6/c1-25(2)24(30)29-23-16(35-25)6-7-20(28-23)27-14-8-9-26-15-12-17(34-21(14)15)13-10-18(31-3)22(33-5)19(11-13)32-4/h6-12,20,28H,1-5H3,(H,26,27)(H,29,30). The van der Waals surface area contributed by atoms with Gasteiger partial charge in [-0.25, -0.2) is 0 Å². The van der Waals surface area contributed by atoms with Gasteiger partial charge >= 0.3 is 0 Å². The fourth-order valence-electron chi connectivity index (χ4n) is 3.98. The number of rotatable bonds is 6. The topological polar surface area (TPSA) is 116 Å². The van der Waals surface area contributed by atoms with Crippen molar-refractivity contribution in [1.29, 1.82) is 0 Å². The molecule has 4 heterocycles. The first kappa shape index (κ1) is 22.5. The Morgan fingerprint density at radius 2 is 1.83 bits per heavy atom. The minimum Gasteiger partial charge on any atom is -0.493 e. The number of hydrogen-bond donors (Lipinski definition) is 3. The number of dihydropyridines is 1. The van der Waals surface area contributed by atoms with Crippen LogP contribution < -0.4 is 30.2 Å². The van der Waals surface area contributed by atoms with E-state index in [9.17, 15) is 4.79 Å². The number of nitrogens with zero attached hydrogens (tertiary/aromatic N) is 1. The zero-order valence-electron chi connectivity index (χ0n) is 20.0. The molecule has 0 aliphatic carbocycles. The third-order valence-corrected chi connectivity index (χ3v) is 5.81. The molecule has 1 amide bonds. The average Bonchev–Trinajstić information content (AvgIpc) is 3.29. The predicted molar refractivity (Wildman–Crippen MR) is 129 cm³/mol. The van der Waals surface area contributed by atoms with Crippen LogP contribution in [0.2, 0.25) is 0 Å². The largest absolute Gasteiger partial charge is 0.493 e. The van der Waals surface area contributed by atoms with E-state index >= 15 is 0 Å². The Bertz CT molecular complexity index is 1350. The third-order valence-electron chi connectivity index (χ3n) is 5.81. The van der Waals surface area contributed by atoms with Crippen molar-refractivity contribution in [2.45, 2.75) is 25.6 Å². The number of furan rings is 1. The Morgan fingerprint density at radius 1 is 1.09 bits per heavy atom. The molecule has 10 nitrogen and oxygen atoms in total. The smallest absolute Gasteiger partial charge is 0.269 e. The van der Waals surface area contributed by atoms with Crippen LogP contribution in [0.15, 0.2) is 58.6 Å². The van der Waals surface area contributed by atoms with Crippen LogP contribution in [-0.2, 0) is 9.53 Å². The zero-order chi connectivity index (χ0) is 24.7. The van der Waals surface area contributed by atoms with Gasteiger partial charge in [0.15, 0.2) is 34.3 Å². The summed E-state index contributed by atoms with van der Waals surface area (Å²) in [5.41, 5.74) is 1.80. The van der Waals surface area contributed by atoms with Crippen molar-refractivity contribution >= 4 is 22.7 Å². The highest BCUT2D eigenvalue weighted by Gasteiger charge is 2.37. The molecule has 2 aromatic heterocycles. The van der Waals surface area contributed by atoms with Gasteiger partial charge in [-0.15, -0.1) is 0 Å². The van der Waals surface area contributed by atoms with Crippen LogP contribution in [0.5, 0.6) is 17.2 Å². The van der Waals surface area contributed by atoms with E-state index in [4.69, 9.17) is 23.4 Å². The maximum absolute atomic E-state index is 12.3. The number of allylic oxidation sites excluding steroid dienone is 1. The second-order valence-electron chi connectivity index (χ2n) is 8.53. The van der Waals surface area contributed by atoms with Crippen molar-refractivity contribution in [3.05, 3.63) is 54.2 Å². The van der Waals surface area contributed by atoms with Gasteiger partial charge in [0.25, 0.3) is 5.91 Å². The molecule has 1 aromatic carbocycles. The van der Waals surface area contributed by atoms with Crippen LogP contribution in [-0.4, -0.2) is 44.0 Å². The van der Waals surface area contributed by atoms with E-state index in [1.54, 1.807) is 41.4 Å². The zero-order valence-corrected chi connectivity index (χ0v) is 20.0. The van der Waals surface area contributed by atoms with Gasteiger partial charge in [0, 0.05) is 17.8 Å². The monoisotopic (exact) mass is 478 g/mol. The van der Waals surface area contributed by atoms with Crippen molar-refractivity contribution < 1.29 is 28.2 Å². The molecule has 0 spiro atoms. The molecular formula is C25H26N4O6.